The molecule has 1 aliphatic rings. The highest BCUT2D eigenvalue weighted by molar-refractivity contribution is 5.97. The maximum absolute atomic E-state index is 12.9. The van der Waals surface area contributed by atoms with Gasteiger partial charge in [-0.2, -0.15) is 0 Å². The molecule has 1 saturated heterocycles. The second-order valence-electron chi connectivity index (χ2n) is 6.97. The molecule has 2 aromatic rings. The zero-order valence-corrected chi connectivity index (χ0v) is 16.1. The summed E-state index contributed by atoms with van der Waals surface area (Å²) in [5.41, 5.74) is 6.73. The molecule has 1 aromatic carbocycles. The largest absolute Gasteiger partial charge is 0.497 e. The van der Waals surface area contributed by atoms with Gasteiger partial charge in [0, 0.05) is 25.3 Å². The summed E-state index contributed by atoms with van der Waals surface area (Å²) in [7, 11) is 1.62. The monoisotopic (exact) mass is 382 g/mol. The summed E-state index contributed by atoms with van der Waals surface area (Å²) in [6.07, 6.45) is 4.81. The van der Waals surface area contributed by atoms with Crippen molar-refractivity contribution in [1.82, 2.24) is 9.88 Å². The van der Waals surface area contributed by atoms with Crippen molar-refractivity contribution in [3.63, 3.8) is 0 Å². The number of nitrogens with zero attached hydrogens (tertiary/aromatic N) is 2. The van der Waals surface area contributed by atoms with Crippen molar-refractivity contribution in [1.29, 1.82) is 0 Å². The topological polar surface area (TPSA) is 97.6 Å². The van der Waals surface area contributed by atoms with Crippen molar-refractivity contribution < 1.29 is 14.3 Å². The van der Waals surface area contributed by atoms with Crippen LogP contribution in [0.25, 0.3) is 0 Å². The molecule has 1 aliphatic heterocycles. The van der Waals surface area contributed by atoms with E-state index in [1.807, 2.05) is 29.2 Å². The number of hydrogen-bond acceptors (Lipinski definition) is 5. The van der Waals surface area contributed by atoms with Crippen LogP contribution in [0.2, 0.25) is 0 Å². The number of amides is 2. The van der Waals surface area contributed by atoms with Crippen molar-refractivity contribution in [3.05, 3.63) is 53.7 Å². The average Bonchev–Trinajstić information content (AvgIpc) is 2.94. The molecule has 3 N–H and O–H groups in total. The van der Waals surface area contributed by atoms with Crippen molar-refractivity contribution >= 4 is 17.6 Å². The smallest absolute Gasteiger partial charge is 0.252 e. The molecule has 3 rings (SSSR count). The van der Waals surface area contributed by atoms with Gasteiger partial charge in [-0.25, -0.2) is 4.98 Å². The zero-order valence-electron chi connectivity index (χ0n) is 16.1. The number of hydrogen-bond donors (Lipinski definition) is 2. The highest BCUT2D eigenvalue weighted by Crippen LogP contribution is 2.19. The summed E-state index contributed by atoms with van der Waals surface area (Å²) < 4.78 is 5.24. The summed E-state index contributed by atoms with van der Waals surface area (Å²) in [6.45, 7) is 1.30. The molecular weight excluding hydrogens is 356 g/mol. The van der Waals surface area contributed by atoms with E-state index < -0.39 is 5.91 Å². The quantitative estimate of drug-likeness (QED) is 0.798. The lowest BCUT2D eigenvalue weighted by Gasteiger charge is -2.26. The van der Waals surface area contributed by atoms with E-state index in [9.17, 15) is 9.59 Å². The number of nitrogens with one attached hydrogen (secondary N) is 1. The van der Waals surface area contributed by atoms with Crippen LogP contribution in [-0.4, -0.2) is 47.9 Å². The fourth-order valence-electron chi connectivity index (χ4n) is 3.47. The average molecular weight is 382 g/mol. The number of aromatic nitrogens is 1. The number of benzene rings is 1. The molecule has 2 amide bonds. The van der Waals surface area contributed by atoms with E-state index in [0.29, 0.717) is 24.3 Å². The van der Waals surface area contributed by atoms with Gasteiger partial charge in [-0.15, -0.1) is 0 Å². The van der Waals surface area contributed by atoms with Crippen LogP contribution < -0.4 is 15.8 Å². The van der Waals surface area contributed by atoms with Gasteiger partial charge >= 0.3 is 0 Å². The van der Waals surface area contributed by atoms with Gasteiger partial charge < -0.3 is 20.7 Å². The molecular formula is C21H26N4O3. The molecule has 0 unspecified atom stereocenters. The Kier molecular flexibility index (Phi) is 6.47. The van der Waals surface area contributed by atoms with Crippen LogP contribution in [-0.2, 0) is 11.2 Å². The summed E-state index contributed by atoms with van der Waals surface area (Å²) in [6, 6.07) is 10.9. The molecule has 2 heterocycles. The van der Waals surface area contributed by atoms with Crippen LogP contribution in [0.1, 0.15) is 35.2 Å². The number of pyridine rings is 1. The number of methoxy groups -OCH3 is 1. The van der Waals surface area contributed by atoms with Crippen LogP contribution in [0.3, 0.4) is 0 Å². The summed E-state index contributed by atoms with van der Waals surface area (Å²) in [5, 5.41) is 3.31. The minimum Gasteiger partial charge on any atom is -0.497 e. The van der Waals surface area contributed by atoms with E-state index in [-0.39, 0.29) is 11.9 Å². The fourth-order valence-corrected chi connectivity index (χ4v) is 3.47. The first kappa shape index (κ1) is 19.7. The Morgan fingerprint density at radius 3 is 2.93 bits per heavy atom. The Morgan fingerprint density at radius 1 is 1.29 bits per heavy atom. The zero-order chi connectivity index (χ0) is 19.9. The van der Waals surface area contributed by atoms with Crippen LogP contribution in [0.15, 0.2) is 42.6 Å². The lowest BCUT2D eigenvalue weighted by atomic mass is 10.1. The lowest BCUT2D eigenvalue weighted by Crippen LogP contribution is -2.40. The number of likely N-dealkylation sites (tertiary alicyclic amines) is 1. The van der Waals surface area contributed by atoms with Gasteiger partial charge in [0.25, 0.3) is 5.91 Å². The van der Waals surface area contributed by atoms with Crippen LogP contribution >= 0.6 is 0 Å². The highest BCUT2D eigenvalue weighted by Gasteiger charge is 2.23. The predicted octanol–water partition coefficient (Wildman–Crippen LogP) is 2.22. The molecule has 0 bridgehead atoms. The van der Waals surface area contributed by atoms with Crippen LogP contribution in [0, 0.1) is 0 Å². The molecule has 0 saturated carbocycles. The fraction of sp³-hybridized carbons (Fsp3) is 0.381. The summed E-state index contributed by atoms with van der Waals surface area (Å²) in [4.78, 5) is 30.6. The lowest BCUT2D eigenvalue weighted by molar-refractivity contribution is -0.130. The van der Waals surface area contributed by atoms with Gasteiger partial charge in [0.2, 0.25) is 5.91 Å². The molecule has 0 aliphatic carbocycles. The summed E-state index contributed by atoms with van der Waals surface area (Å²) in [5.74, 6) is 0.783. The standard InChI is InChI=1S/C21H26N4O3/c1-28-17-8-4-6-15(12-17)13-19(26)25-11-3-2-7-16(14-25)24-21-18(20(22)27)9-5-10-23-21/h4-6,8-10,12,16H,2-3,7,11,13-14H2,1H3,(H2,22,27)(H,23,24)/t16-/m1/s1. The van der Waals surface area contributed by atoms with E-state index in [1.165, 1.54) is 0 Å². The number of carbonyl (C=O) groups excluding carboxylic acids is 2. The Hall–Kier alpha value is -3.09. The SMILES string of the molecule is COc1cccc(CC(=O)N2CCCC[C@@H](Nc3ncccc3C(N)=O)C2)c1. The van der Waals surface area contributed by atoms with Crippen molar-refractivity contribution in [2.75, 3.05) is 25.5 Å². The van der Waals surface area contributed by atoms with Crippen molar-refractivity contribution in [2.24, 2.45) is 5.73 Å². The molecule has 7 nitrogen and oxygen atoms in total. The first-order valence-electron chi connectivity index (χ1n) is 9.49. The molecule has 0 radical (unpaired) electrons. The second kappa shape index (κ2) is 9.21. The summed E-state index contributed by atoms with van der Waals surface area (Å²) >= 11 is 0. The number of rotatable bonds is 6. The molecule has 1 atom stereocenters. The third-order valence-electron chi connectivity index (χ3n) is 4.93. The van der Waals surface area contributed by atoms with Crippen LogP contribution in [0.5, 0.6) is 5.75 Å². The Morgan fingerprint density at radius 2 is 2.14 bits per heavy atom. The molecule has 1 fully saturated rings. The van der Waals surface area contributed by atoms with Gasteiger partial charge in [0.15, 0.2) is 0 Å². The first-order chi connectivity index (χ1) is 13.6. The predicted molar refractivity (Wildman–Crippen MR) is 107 cm³/mol. The highest BCUT2D eigenvalue weighted by atomic mass is 16.5. The second-order valence-corrected chi connectivity index (χ2v) is 6.97. The van der Waals surface area contributed by atoms with Gasteiger partial charge in [0.05, 0.1) is 19.1 Å². The number of anilines is 1. The van der Waals surface area contributed by atoms with E-state index in [0.717, 1.165) is 37.1 Å². The minimum absolute atomic E-state index is 0.0183. The number of nitrogens with two attached hydrogens (primary N) is 1. The molecule has 1 aromatic heterocycles. The first-order valence-corrected chi connectivity index (χ1v) is 9.49. The number of carbonyl (C=O) groups is 2. The van der Waals surface area contributed by atoms with Gasteiger partial charge in [-0.05, 0) is 49.1 Å². The number of ether oxygens (including phenoxy) is 1. The Labute approximate surface area is 164 Å². The molecule has 7 heteroatoms. The third-order valence-corrected chi connectivity index (χ3v) is 4.93. The third kappa shape index (κ3) is 5.00. The van der Waals surface area contributed by atoms with Gasteiger partial charge in [0.1, 0.15) is 11.6 Å². The molecule has 148 valence electrons. The number of primary amides is 1. The van der Waals surface area contributed by atoms with E-state index in [4.69, 9.17) is 10.5 Å². The van der Waals surface area contributed by atoms with E-state index >= 15 is 0 Å². The van der Waals surface area contributed by atoms with Crippen LogP contribution in [0.4, 0.5) is 5.82 Å². The molecule has 28 heavy (non-hydrogen) atoms. The van der Waals surface area contributed by atoms with Gasteiger partial charge in [-0.3, -0.25) is 9.59 Å². The normalized spacial score (nSPS) is 16.9. The minimum atomic E-state index is -0.518. The van der Waals surface area contributed by atoms with Crippen molar-refractivity contribution in [2.45, 2.75) is 31.7 Å². The maximum atomic E-state index is 12.9. The Bertz CT molecular complexity index is 840. The van der Waals surface area contributed by atoms with Crippen molar-refractivity contribution in [3.8, 4) is 5.75 Å². The molecule has 0 spiro atoms. The van der Waals surface area contributed by atoms with E-state index in [2.05, 4.69) is 10.3 Å². The maximum Gasteiger partial charge on any atom is 0.252 e. The van der Waals surface area contributed by atoms with E-state index in [1.54, 1.807) is 25.4 Å². The van der Waals surface area contributed by atoms with Gasteiger partial charge in [-0.1, -0.05) is 12.1 Å². The Balaban J connectivity index is 1.68.